The van der Waals surface area contributed by atoms with Crippen molar-refractivity contribution >= 4 is 11.4 Å². The summed E-state index contributed by atoms with van der Waals surface area (Å²) in [4.78, 5) is 0. The van der Waals surface area contributed by atoms with Gasteiger partial charge in [0.2, 0.25) is 0 Å². The molecule has 0 saturated heterocycles. The molecule has 0 aliphatic carbocycles. The summed E-state index contributed by atoms with van der Waals surface area (Å²) in [7, 11) is 0. The van der Waals surface area contributed by atoms with Crippen molar-refractivity contribution in [3.05, 3.63) is 130 Å². The highest BCUT2D eigenvalue weighted by Crippen LogP contribution is 2.37. The minimum absolute atomic E-state index is 0.404. The van der Waals surface area contributed by atoms with E-state index in [0.29, 0.717) is 17.8 Å². The molecule has 0 radical (unpaired) electrons. The quantitative estimate of drug-likeness (QED) is 0.0373. The number of nitrogen functional groups attached to an aromatic ring is 2. The van der Waals surface area contributed by atoms with Crippen LogP contribution >= 0.6 is 0 Å². The highest BCUT2D eigenvalue weighted by molar-refractivity contribution is 5.45. The number of nitrogens with two attached hydrogens (primary N) is 2. The van der Waals surface area contributed by atoms with Crippen LogP contribution in [0.2, 0.25) is 0 Å². The molecule has 2 unspecified atom stereocenters. The predicted octanol–water partition coefficient (Wildman–Crippen LogP) is 17.8. The van der Waals surface area contributed by atoms with Crippen molar-refractivity contribution in [2.45, 2.75) is 212 Å². The zero-order valence-corrected chi connectivity index (χ0v) is 38.2. The molecule has 0 amide bonds. The summed E-state index contributed by atoms with van der Waals surface area (Å²) in [5.74, 6) is 1.21. The van der Waals surface area contributed by atoms with Crippen molar-refractivity contribution in [3.8, 4) is 0 Å². The minimum atomic E-state index is 0.404. The van der Waals surface area contributed by atoms with E-state index in [1.165, 1.54) is 207 Å². The first-order valence-corrected chi connectivity index (χ1v) is 24.9. The van der Waals surface area contributed by atoms with Gasteiger partial charge in [-0.2, -0.15) is 0 Å². The molecular formula is C57H86N2. The first kappa shape index (κ1) is 48.1. The van der Waals surface area contributed by atoms with E-state index >= 15 is 0 Å². The Kier molecular flexibility index (Phi) is 24.2. The molecule has 0 aromatic heterocycles. The Morgan fingerprint density at radius 3 is 0.627 bits per heavy atom. The molecule has 4 aromatic carbocycles. The third kappa shape index (κ3) is 18.3. The molecule has 0 saturated carbocycles. The third-order valence-electron chi connectivity index (χ3n) is 13.2. The lowest BCUT2D eigenvalue weighted by molar-refractivity contribution is 0.545. The summed E-state index contributed by atoms with van der Waals surface area (Å²) >= 11 is 0. The van der Waals surface area contributed by atoms with Gasteiger partial charge in [0.25, 0.3) is 0 Å². The van der Waals surface area contributed by atoms with Gasteiger partial charge in [0, 0.05) is 29.1 Å². The summed E-state index contributed by atoms with van der Waals surface area (Å²) < 4.78 is 0. The molecule has 2 atom stereocenters. The molecule has 0 fully saturated rings. The summed E-state index contributed by atoms with van der Waals surface area (Å²) in [6, 6.07) is 37.1. The Hall–Kier alpha value is -3.52. The van der Waals surface area contributed by atoms with E-state index in [-0.39, 0.29) is 0 Å². The first-order valence-electron chi connectivity index (χ1n) is 24.9. The normalized spacial score (nSPS) is 13.1. The van der Waals surface area contributed by atoms with Crippen LogP contribution in [0.15, 0.2) is 97.1 Å². The Bertz CT molecular complexity index is 1470. The molecule has 0 aliphatic heterocycles. The van der Waals surface area contributed by atoms with Crippen LogP contribution in [0.4, 0.5) is 11.4 Å². The Morgan fingerprint density at radius 1 is 0.254 bits per heavy atom. The number of hydrogen-bond donors (Lipinski definition) is 2. The van der Waals surface area contributed by atoms with E-state index in [4.69, 9.17) is 11.5 Å². The maximum absolute atomic E-state index is 6.16. The van der Waals surface area contributed by atoms with Gasteiger partial charge in [0.15, 0.2) is 0 Å². The lowest BCUT2D eigenvalue weighted by Crippen LogP contribution is -2.06. The van der Waals surface area contributed by atoms with Crippen molar-refractivity contribution < 1.29 is 0 Å². The second kappa shape index (κ2) is 29.7. The maximum Gasteiger partial charge on any atom is 0.0314 e. The van der Waals surface area contributed by atoms with E-state index in [0.717, 1.165) is 11.4 Å². The fraction of sp³-hybridized carbons (Fsp3) is 0.579. The van der Waals surface area contributed by atoms with Crippen molar-refractivity contribution in [1.29, 1.82) is 0 Å². The lowest BCUT2D eigenvalue weighted by atomic mass is 9.81. The van der Waals surface area contributed by atoms with E-state index in [9.17, 15) is 0 Å². The number of anilines is 2. The molecule has 59 heavy (non-hydrogen) atoms. The largest absolute Gasteiger partial charge is 0.399 e. The molecule has 2 nitrogen and oxygen atoms in total. The van der Waals surface area contributed by atoms with Gasteiger partial charge >= 0.3 is 0 Å². The molecular weight excluding hydrogens is 713 g/mol. The van der Waals surface area contributed by atoms with Crippen LogP contribution in [-0.2, 0) is 0 Å². The molecule has 0 bridgehead atoms. The van der Waals surface area contributed by atoms with Crippen molar-refractivity contribution in [2.24, 2.45) is 0 Å². The minimum Gasteiger partial charge on any atom is -0.399 e. The van der Waals surface area contributed by atoms with Gasteiger partial charge in [-0.05, 0) is 76.9 Å². The van der Waals surface area contributed by atoms with E-state index in [2.05, 4.69) is 118 Å². The third-order valence-corrected chi connectivity index (χ3v) is 13.2. The van der Waals surface area contributed by atoms with Crippen molar-refractivity contribution in [2.75, 3.05) is 11.5 Å². The lowest BCUT2D eigenvalue weighted by Gasteiger charge is -2.23. The van der Waals surface area contributed by atoms with Crippen LogP contribution in [0.1, 0.15) is 245 Å². The van der Waals surface area contributed by atoms with E-state index in [1.807, 2.05) is 0 Å². The maximum atomic E-state index is 6.16. The first-order chi connectivity index (χ1) is 29.0. The van der Waals surface area contributed by atoms with Crippen LogP contribution in [0.25, 0.3) is 0 Å². The van der Waals surface area contributed by atoms with Gasteiger partial charge in [-0.25, -0.2) is 0 Å². The van der Waals surface area contributed by atoms with Crippen molar-refractivity contribution in [1.82, 2.24) is 0 Å². The van der Waals surface area contributed by atoms with Crippen LogP contribution in [-0.4, -0.2) is 0 Å². The Morgan fingerprint density at radius 2 is 0.424 bits per heavy atom. The standard InChI is InChI=1S/C57H86N2/c1-4-7-10-13-16-18-20-23-26-29-56(51-39-43-53(58)44-40-51)49-35-31-47(32-36-49)55(28-25-22-15-12-9-6-3)48-33-37-50(38-34-48)57(52-41-45-54(59)46-42-52)30-27-24-21-19-17-14-11-8-5-2/h31-46,55-57H,4-30,58-59H2,1-3H3. The second-order valence-corrected chi connectivity index (χ2v) is 18.1. The second-order valence-electron chi connectivity index (χ2n) is 18.1. The number of hydrogen-bond acceptors (Lipinski definition) is 2. The zero-order valence-electron chi connectivity index (χ0n) is 38.2. The topological polar surface area (TPSA) is 52.0 Å². The number of unbranched alkanes of at least 4 members (excludes halogenated alkanes) is 21. The van der Waals surface area contributed by atoms with Gasteiger partial charge in [-0.1, -0.05) is 248 Å². The molecule has 0 spiro atoms. The van der Waals surface area contributed by atoms with E-state index in [1.54, 1.807) is 0 Å². The molecule has 4 aromatic rings. The summed E-state index contributed by atoms with van der Waals surface area (Å²) in [6.07, 6.45) is 36.1. The highest BCUT2D eigenvalue weighted by Gasteiger charge is 2.20. The molecule has 4 N–H and O–H groups in total. The van der Waals surface area contributed by atoms with Gasteiger partial charge in [-0.3, -0.25) is 0 Å². The molecule has 2 heteroatoms. The Labute approximate surface area is 363 Å². The summed E-state index contributed by atoms with van der Waals surface area (Å²) in [6.45, 7) is 6.92. The number of rotatable bonds is 33. The SMILES string of the molecule is CCCCCCCCCCCC(c1ccc(N)cc1)c1ccc(C(CCCCCCCC)c2ccc(C(CCCCCCCCCCC)c3ccc(N)cc3)cc2)cc1. The van der Waals surface area contributed by atoms with Gasteiger partial charge in [0.05, 0.1) is 0 Å². The monoisotopic (exact) mass is 799 g/mol. The molecule has 0 aliphatic rings. The van der Waals surface area contributed by atoms with Crippen molar-refractivity contribution in [3.63, 3.8) is 0 Å². The van der Waals surface area contributed by atoms with Gasteiger partial charge in [0.1, 0.15) is 0 Å². The zero-order chi connectivity index (χ0) is 41.8. The Balaban J connectivity index is 1.48. The molecule has 0 heterocycles. The van der Waals surface area contributed by atoms with Crippen LogP contribution in [0, 0.1) is 0 Å². The van der Waals surface area contributed by atoms with Gasteiger partial charge < -0.3 is 11.5 Å². The molecule has 324 valence electrons. The fourth-order valence-electron chi connectivity index (χ4n) is 9.40. The van der Waals surface area contributed by atoms with Gasteiger partial charge in [-0.15, -0.1) is 0 Å². The number of benzene rings is 4. The fourth-order valence-corrected chi connectivity index (χ4v) is 9.40. The van der Waals surface area contributed by atoms with Crippen LogP contribution in [0.3, 0.4) is 0 Å². The summed E-state index contributed by atoms with van der Waals surface area (Å²) in [5, 5.41) is 0. The average molecular weight is 799 g/mol. The van der Waals surface area contributed by atoms with E-state index < -0.39 is 0 Å². The highest BCUT2D eigenvalue weighted by atomic mass is 14.5. The molecule has 4 rings (SSSR count). The smallest absolute Gasteiger partial charge is 0.0314 e. The van der Waals surface area contributed by atoms with Crippen LogP contribution < -0.4 is 11.5 Å². The average Bonchev–Trinajstić information content (AvgIpc) is 3.26. The summed E-state index contributed by atoms with van der Waals surface area (Å²) in [5.41, 5.74) is 22.6. The predicted molar refractivity (Wildman–Crippen MR) is 262 cm³/mol. The van der Waals surface area contributed by atoms with Crippen LogP contribution in [0.5, 0.6) is 0 Å².